The number of rotatable bonds is 8. The Hall–Kier alpha value is -0.660. The summed E-state index contributed by atoms with van der Waals surface area (Å²) in [5.74, 6) is -0.0851. The summed E-state index contributed by atoms with van der Waals surface area (Å²) in [5, 5.41) is 12.3. The van der Waals surface area contributed by atoms with E-state index in [2.05, 4.69) is 14.7 Å². The van der Waals surface area contributed by atoms with Gasteiger partial charge in [0.2, 0.25) is 0 Å². The minimum Gasteiger partial charge on any atom is -0.480 e. The average molecular weight is 275 g/mol. The van der Waals surface area contributed by atoms with Crippen LogP contribution in [-0.2, 0) is 4.79 Å². The first-order valence-corrected chi connectivity index (χ1v) is 7.22. The Kier molecular flexibility index (Phi) is 5.87. The molecule has 2 N–H and O–H groups in total. The van der Waals surface area contributed by atoms with Gasteiger partial charge in [-0.2, -0.15) is 4.37 Å². The third-order valence-corrected chi connectivity index (χ3v) is 4.20. The van der Waals surface area contributed by atoms with Crippen molar-refractivity contribution in [1.82, 2.24) is 14.7 Å². The molecule has 17 heavy (non-hydrogen) atoms. The van der Waals surface area contributed by atoms with Crippen LogP contribution in [0.15, 0.2) is 10.7 Å². The molecule has 0 amide bonds. The highest BCUT2D eigenvalue weighted by Crippen LogP contribution is 2.22. The number of nitrogens with zero attached hydrogens (tertiary/aromatic N) is 2. The lowest BCUT2D eigenvalue weighted by molar-refractivity contribution is -0.144. The van der Waals surface area contributed by atoms with E-state index in [0.717, 1.165) is 10.8 Å². The van der Waals surface area contributed by atoms with Crippen molar-refractivity contribution >= 4 is 29.3 Å². The van der Waals surface area contributed by atoms with Crippen LogP contribution in [0.25, 0.3) is 0 Å². The summed E-state index contributed by atoms with van der Waals surface area (Å²) in [6.45, 7) is 4.46. The molecule has 0 aromatic carbocycles. The lowest BCUT2D eigenvalue weighted by Crippen LogP contribution is -2.50. The van der Waals surface area contributed by atoms with E-state index >= 15 is 0 Å². The lowest BCUT2D eigenvalue weighted by atomic mass is 9.99. The highest BCUT2D eigenvalue weighted by Gasteiger charge is 2.31. The van der Waals surface area contributed by atoms with Crippen LogP contribution in [0.4, 0.5) is 0 Å². The first-order valence-electron chi connectivity index (χ1n) is 5.46. The summed E-state index contributed by atoms with van der Waals surface area (Å²) in [7, 11) is 0. The largest absolute Gasteiger partial charge is 0.480 e. The van der Waals surface area contributed by atoms with Crippen LogP contribution in [0.1, 0.15) is 26.7 Å². The Morgan fingerprint density at radius 2 is 2.47 bits per heavy atom. The summed E-state index contributed by atoms with van der Waals surface area (Å²) >= 11 is 2.88. The molecule has 1 rings (SSSR count). The number of aliphatic carboxylic acids is 1. The SMILES string of the molecule is CCCNC(C)(CCSc1ncns1)C(=O)O. The van der Waals surface area contributed by atoms with E-state index in [4.69, 9.17) is 0 Å². The number of nitrogens with one attached hydrogen (secondary N) is 1. The molecule has 1 aromatic rings. The van der Waals surface area contributed by atoms with Crippen molar-refractivity contribution in [2.75, 3.05) is 12.3 Å². The molecule has 1 heterocycles. The molecule has 1 atom stereocenters. The van der Waals surface area contributed by atoms with Crippen LogP contribution in [-0.4, -0.2) is 38.3 Å². The first kappa shape index (κ1) is 14.4. The summed E-state index contributed by atoms with van der Waals surface area (Å²) in [6.07, 6.45) is 3.00. The van der Waals surface area contributed by atoms with Gasteiger partial charge in [-0.05, 0) is 37.8 Å². The molecule has 0 bridgehead atoms. The van der Waals surface area contributed by atoms with Gasteiger partial charge in [0.1, 0.15) is 11.9 Å². The van der Waals surface area contributed by atoms with Gasteiger partial charge in [0.25, 0.3) is 0 Å². The van der Waals surface area contributed by atoms with E-state index < -0.39 is 11.5 Å². The van der Waals surface area contributed by atoms with E-state index in [9.17, 15) is 9.90 Å². The van der Waals surface area contributed by atoms with Gasteiger partial charge in [-0.1, -0.05) is 18.7 Å². The zero-order valence-corrected chi connectivity index (χ0v) is 11.6. The van der Waals surface area contributed by atoms with Gasteiger partial charge in [-0.25, -0.2) is 4.98 Å². The Morgan fingerprint density at radius 1 is 1.71 bits per heavy atom. The molecule has 0 spiro atoms. The number of aromatic nitrogens is 2. The Balaban J connectivity index is 2.41. The minimum atomic E-state index is -0.853. The van der Waals surface area contributed by atoms with Gasteiger partial charge in [0.15, 0.2) is 4.34 Å². The zero-order valence-electron chi connectivity index (χ0n) is 9.97. The van der Waals surface area contributed by atoms with E-state index in [-0.39, 0.29) is 0 Å². The fraction of sp³-hybridized carbons (Fsp3) is 0.700. The molecule has 0 fully saturated rings. The first-order chi connectivity index (χ1) is 8.08. The highest BCUT2D eigenvalue weighted by molar-refractivity contribution is 8.00. The fourth-order valence-electron chi connectivity index (χ4n) is 1.24. The van der Waals surface area contributed by atoms with Crippen molar-refractivity contribution in [3.05, 3.63) is 6.33 Å². The Morgan fingerprint density at radius 3 is 3.00 bits per heavy atom. The predicted molar refractivity (Wildman–Crippen MR) is 69.6 cm³/mol. The molecule has 0 saturated carbocycles. The number of carboxylic acids is 1. The summed E-state index contributed by atoms with van der Waals surface area (Å²) < 4.78 is 4.78. The van der Waals surface area contributed by atoms with E-state index in [1.807, 2.05) is 6.92 Å². The van der Waals surface area contributed by atoms with Gasteiger partial charge < -0.3 is 10.4 Å². The van der Waals surface area contributed by atoms with Crippen LogP contribution < -0.4 is 5.32 Å². The summed E-state index contributed by atoms with van der Waals surface area (Å²) in [4.78, 5) is 15.3. The quantitative estimate of drug-likeness (QED) is 0.705. The zero-order chi connectivity index (χ0) is 12.7. The molecule has 7 heteroatoms. The summed E-state index contributed by atoms with van der Waals surface area (Å²) in [5.41, 5.74) is -0.853. The lowest BCUT2D eigenvalue weighted by Gasteiger charge is -2.25. The van der Waals surface area contributed by atoms with Crippen LogP contribution in [0.3, 0.4) is 0 Å². The average Bonchev–Trinajstić information content (AvgIpc) is 2.79. The molecule has 1 unspecified atom stereocenters. The van der Waals surface area contributed by atoms with Crippen molar-refractivity contribution in [2.24, 2.45) is 0 Å². The highest BCUT2D eigenvalue weighted by atomic mass is 32.2. The Bertz CT molecular complexity index is 345. The van der Waals surface area contributed by atoms with Gasteiger partial charge in [0.05, 0.1) is 0 Å². The van der Waals surface area contributed by atoms with Crippen molar-refractivity contribution < 1.29 is 9.90 Å². The third kappa shape index (κ3) is 4.61. The predicted octanol–water partition coefficient (Wildman–Crippen LogP) is 1.86. The maximum Gasteiger partial charge on any atom is 0.323 e. The molecule has 0 saturated heterocycles. The second-order valence-electron chi connectivity index (χ2n) is 3.87. The van der Waals surface area contributed by atoms with Crippen molar-refractivity contribution in [3.63, 3.8) is 0 Å². The fourth-order valence-corrected chi connectivity index (χ4v) is 2.92. The molecule has 0 aliphatic heterocycles. The second-order valence-corrected chi connectivity index (χ2v) is 5.99. The normalized spacial score (nSPS) is 14.5. The van der Waals surface area contributed by atoms with Crippen molar-refractivity contribution in [2.45, 2.75) is 36.6 Å². The number of carboxylic acid groups (broad SMARTS) is 1. The van der Waals surface area contributed by atoms with Crippen molar-refractivity contribution in [3.8, 4) is 0 Å². The van der Waals surface area contributed by atoms with Crippen LogP contribution in [0.2, 0.25) is 0 Å². The minimum absolute atomic E-state index is 0.562. The number of thioether (sulfide) groups is 1. The molecule has 0 radical (unpaired) electrons. The number of hydrogen-bond acceptors (Lipinski definition) is 6. The number of hydrogen-bond donors (Lipinski definition) is 2. The molecular weight excluding hydrogens is 258 g/mol. The topological polar surface area (TPSA) is 75.1 Å². The van der Waals surface area contributed by atoms with Crippen LogP contribution in [0, 0.1) is 0 Å². The number of carbonyl (C=O) groups is 1. The monoisotopic (exact) mass is 275 g/mol. The molecule has 96 valence electrons. The van der Waals surface area contributed by atoms with E-state index in [0.29, 0.717) is 18.7 Å². The van der Waals surface area contributed by atoms with Crippen LogP contribution >= 0.6 is 23.3 Å². The smallest absolute Gasteiger partial charge is 0.323 e. The standard InChI is InChI=1S/C10H17N3O2S2/c1-3-5-12-10(2,8(14)15)4-6-16-9-11-7-13-17-9/h7,12H,3-6H2,1-2H3,(H,14,15). The maximum atomic E-state index is 11.2. The van der Waals surface area contributed by atoms with E-state index in [1.54, 1.807) is 18.7 Å². The van der Waals surface area contributed by atoms with Gasteiger partial charge >= 0.3 is 5.97 Å². The van der Waals surface area contributed by atoms with Gasteiger partial charge in [0, 0.05) is 5.75 Å². The van der Waals surface area contributed by atoms with E-state index in [1.165, 1.54) is 17.9 Å². The third-order valence-electron chi connectivity index (χ3n) is 2.41. The maximum absolute atomic E-state index is 11.2. The molecule has 5 nitrogen and oxygen atoms in total. The summed E-state index contributed by atoms with van der Waals surface area (Å²) in [6, 6.07) is 0. The molecule has 1 aromatic heterocycles. The molecule has 0 aliphatic rings. The molecular formula is C10H17N3O2S2. The Labute approximate surface area is 109 Å². The van der Waals surface area contributed by atoms with Gasteiger partial charge in [-0.15, -0.1) is 0 Å². The second kappa shape index (κ2) is 6.93. The van der Waals surface area contributed by atoms with Gasteiger partial charge in [-0.3, -0.25) is 4.79 Å². The van der Waals surface area contributed by atoms with Crippen LogP contribution in [0.5, 0.6) is 0 Å². The van der Waals surface area contributed by atoms with Crippen molar-refractivity contribution in [1.29, 1.82) is 0 Å². The molecule has 0 aliphatic carbocycles.